The molecule has 1 fully saturated rings. The number of fused-ring (bicyclic) bond motifs is 1. The molecule has 1 heterocycles. The molecule has 0 aromatic heterocycles. The highest BCUT2D eigenvalue weighted by molar-refractivity contribution is 5.91. The number of nitrogens with zero attached hydrogens (tertiary/aromatic N) is 1. The molecule has 1 saturated carbocycles. The van der Waals surface area contributed by atoms with Gasteiger partial charge in [0.1, 0.15) is 11.8 Å². The summed E-state index contributed by atoms with van der Waals surface area (Å²) in [4.78, 5) is 4.51. The zero-order valence-corrected chi connectivity index (χ0v) is 6.51. The Bertz CT molecular complexity index is 253. The maximum atomic E-state index is 12.7. The summed E-state index contributed by atoms with van der Waals surface area (Å²) in [5, 5.41) is 3.12. The Hall–Kier alpha value is -0.810. The summed E-state index contributed by atoms with van der Waals surface area (Å²) in [5.74, 6) is -3.78. The summed E-state index contributed by atoms with van der Waals surface area (Å²) in [5.41, 5.74) is -0.526. The molecule has 0 spiro atoms. The van der Waals surface area contributed by atoms with Gasteiger partial charge in [0, 0.05) is 6.42 Å². The SMILES string of the molecule is FC(F)C1=NO[C@@H]2CC(F)(F)C[C@H]12. The van der Waals surface area contributed by atoms with E-state index in [9.17, 15) is 17.6 Å². The van der Waals surface area contributed by atoms with Gasteiger partial charge in [-0.25, -0.2) is 17.6 Å². The number of halogens is 4. The van der Waals surface area contributed by atoms with Gasteiger partial charge in [-0.3, -0.25) is 0 Å². The van der Waals surface area contributed by atoms with Crippen molar-refractivity contribution in [3.63, 3.8) is 0 Å². The summed E-state index contributed by atoms with van der Waals surface area (Å²) in [6.07, 6.45) is -4.71. The van der Waals surface area contributed by atoms with Crippen LogP contribution < -0.4 is 0 Å². The Balaban J connectivity index is 2.14. The van der Waals surface area contributed by atoms with Crippen LogP contribution in [0, 0.1) is 5.92 Å². The van der Waals surface area contributed by atoms with E-state index in [1.54, 1.807) is 0 Å². The van der Waals surface area contributed by atoms with Crippen molar-refractivity contribution in [2.45, 2.75) is 31.3 Å². The number of oxime groups is 1. The van der Waals surface area contributed by atoms with E-state index in [1.807, 2.05) is 0 Å². The van der Waals surface area contributed by atoms with Gasteiger partial charge in [-0.15, -0.1) is 0 Å². The lowest BCUT2D eigenvalue weighted by Gasteiger charge is -2.08. The smallest absolute Gasteiger partial charge is 0.280 e. The lowest BCUT2D eigenvalue weighted by molar-refractivity contribution is -0.0170. The predicted molar refractivity (Wildman–Crippen MR) is 36.0 cm³/mol. The molecule has 0 amide bonds. The fourth-order valence-electron chi connectivity index (χ4n) is 1.78. The van der Waals surface area contributed by atoms with Gasteiger partial charge in [-0.2, -0.15) is 0 Å². The highest BCUT2D eigenvalue weighted by Gasteiger charge is 2.54. The third-order valence-electron chi connectivity index (χ3n) is 2.36. The molecular weight excluding hydrogens is 190 g/mol. The molecule has 2 nitrogen and oxygen atoms in total. The van der Waals surface area contributed by atoms with E-state index in [4.69, 9.17) is 0 Å². The Morgan fingerprint density at radius 3 is 2.69 bits per heavy atom. The Morgan fingerprint density at radius 2 is 2.08 bits per heavy atom. The van der Waals surface area contributed by atoms with Crippen LogP contribution in [0.5, 0.6) is 0 Å². The van der Waals surface area contributed by atoms with E-state index < -0.39 is 42.9 Å². The third-order valence-corrected chi connectivity index (χ3v) is 2.36. The fourth-order valence-corrected chi connectivity index (χ4v) is 1.78. The summed E-state index contributed by atoms with van der Waals surface area (Å²) < 4.78 is 49.8. The average Bonchev–Trinajstić information content (AvgIpc) is 2.41. The molecule has 2 aliphatic rings. The maximum absolute atomic E-state index is 12.7. The van der Waals surface area contributed by atoms with Crippen molar-refractivity contribution in [2.75, 3.05) is 0 Å². The molecule has 6 heteroatoms. The predicted octanol–water partition coefficient (Wildman–Crippen LogP) is 2.05. The minimum Gasteiger partial charge on any atom is -0.391 e. The molecule has 13 heavy (non-hydrogen) atoms. The van der Waals surface area contributed by atoms with Crippen molar-refractivity contribution >= 4 is 5.71 Å². The summed E-state index contributed by atoms with van der Waals surface area (Å²) in [6.45, 7) is 0. The number of hydrogen-bond acceptors (Lipinski definition) is 2. The van der Waals surface area contributed by atoms with Crippen LogP contribution in [0.15, 0.2) is 5.16 Å². The van der Waals surface area contributed by atoms with Crippen molar-refractivity contribution in [1.82, 2.24) is 0 Å². The molecule has 0 bridgehead atoms. The summed E-state index contributed by atoms with van der Waals surface area (Å²) in [7, 11) is 0. The standard InChI is InChI=1S/C7H7F4NO/c8-6(9)5-3-1-7(10,11)2-4(3)13-12-5/h3-4,6H,1-2H2/t3-,4+/m0/s1. The monoisotopic (exact) mass is 197 g/mol. The van der Waals surface area contributed by atoms with E-state index in [0.29, 0.717) is 0 Å². The van der Waals surface area contributed by atoms with Crippen molar-refractivity contribution in [3.05, 3.63) is 0 Å². The first kappa shape index (κ1) is 8.77. The second kappa shape index (κ2) is 2.59. The second-order valence-corrected chi connectivity index (χ2v) is 3.33. The number of rotatable bonds is 1. The van der Waals surface area contributed by atoms with Crippen molar-refractivity contribution < 1.29 is 22.4 Å². The van der Waals surface area contributed by atoms with E-state index in [-0.39, 0.29) is 0 Å². The van der Waals surface area contributed by atoms with Crippen LogP contribution in [0.1, 0.15) is 12.8 Å². The Morgan fingerprint density at radius 1 is 1.38 bits per heavy atom. The topological polar surface area (TPSA) is 21.6 Å². The van der Waals surface area contributed by atoms with Crippen LogP contribution in [0.25, 0.3) is 0 Å². The Kier molecular flexibility index (Phi) is 1.75. The zero-order valence-electron chi connectivity index (χ0n) is 6.51. The normalized spacial score (nSPS) is 35.9. The van der Waals surface area contributed by atoms with Gasteiger partial charge in [0.25, 0.3) is 12.3 Å². The first-order valence-electron chi connectivity index (χ1n) is 3.89. The highest BCUT2D eigenvalue weighted by atomic mass is 19.3. The molecular formula is C7H7F4NO. The van der Waals surface area contributed by atoms with Gasteiger partial charge < -0.3 is 4.84 Å². The summed E-state index contributed by atoms with van der Waals surface area (Å²) in [6, 6.07) is 0. The van der Waals surface area contributed by atoms with Crippen LogP contribution in [0.2, 0.25) is 0 Å². The van der Waals surface area contributed by atoms with Crippen molar-refractivity contribution in [3.8, 4) is 0 Å². The molecule has 2 atom stereocenters. The molecule has 0 unspecified atom stereocenters. The van der Waals surface area contributed by atoms with E-state index >= 15 is 0 Å². The molecule has 0 radical (unpaired) electrons. The molecule has 0 aromatic carbocycles. The average molecular weight is 197 g/mol. The third kappa shape index (κ3) is 1.38. The minimum atomic E-state index is -2.88. The van der Waals surface area contributed by atoms with E-state index in [2.05, 4.69) is 9.99 Å². The van der Waals surface area contributed by atoms with Gasteiger partial charge in [0.05, 0.1) is 12.3 Å². The highest BCUT2D eigenvalue weighted by Crippen LogP contribution is 2.44. The van der Waals surface area contributed by atoms with E-state index in [0.717, 1.165) is 0 Å². The lowest BCUT2D eigenvalue weighted by Crippen LogP contribution is -2.22. The minimum absolute atomic E-state index is 0.503. The van der Waals surface area contributed by atoms with Crippen molar-refractivity contribution in [1.29, 1.82) is 0 Å². The fraction of sp³-hybridized carbons (Fsp3) is 0.857. The quantitative estimate of drug-likeness (QED) is 0.589. The van der Waals surface area contributed by atoms with Crippen LogP contribution in [0.4, 0.5) is 17.6 Å². The molecule has 2 rings (SSSR count). The molecule has 1 aliphatic heterocycles. The van der Waals surface area contributed by atoms with Gasteiger partial charge in [-0.1, -0.05) is 5.16 Å². The van der Waals surface area contributed by atoms with Crippen LogP contribution in [0.3, 0.4) is 0 Å². The molecule has 0 aromatic rings. The molecule has 74 valence electrons. The summed E-state index contributed by atoms with van der Waals surface area (Å²) >= 11 is 0. The maximum Gasteiger partial charge on any atom is 0.280 e. The van der Waals surface area contributed by atoms with Crippen LogP contribution in [-0.2, 0) is 4.84 Å². The molecule has 0 N–H and O–H groups in total. The number of alkyl halides is 4. The van der Waals surface area contributed by atoms with Gasteiger partial charge in [-0.05, 0) is 0 Å². The molecule has 1 aliphatic carbocycles. The number of hydrogen-bond donors (Lipinski definition) is 0. The first-order chi connectivity index (χ1) is 5.99. The molecule has 0 saturated heterocycles. The van der Waals surface area contributed by atoms with Gasteiger partial charge >= 0.3 is 0 Å². The largest absolute Gasteiger partial charge is 0.391 e. The van der Waals surface area contributed by atoms with Gasteiger partial charge in [0.2, 0.25) is 0 Å². The Labute approximate surface area is 71.5 Å². The van der Waals surface area contributed by atoms with Crippen LogP contribution in [-0.4, -0.2) is 24.2 Å². The zero-order chi connectivity index (χ0) is 9.64. The second-order valence-electron chi connectivity index (χ2n) is 3.33. The van der Waals surface area contributed by atoms with Crippen molar-refractivity contribution in [2.24, 2.45) is 11.1 Å². The van der Waals surface area contributed by atoms with Gasteiger partial charge in [0.15, 0.2) is 0 Å². The lowest BCUT2D eigenvalue weighted by atomic mass is 10.0. The van der Waals surface area contributed by atoms with E-state index in [1.165, 1.54) is 0 Å². The van der Waals surface area contributed by atoms with Crippen LogP contribution >= 0.6 is 0 Å². The first-order valence-corrected chi connectivity index (χ1v) is 3.89.